The minimum absolute atomic E-state index is 0.151. The standard InChI is InChI=1S/C23H24Cl2N4O4/c1-4-28-18-12-29(13(2)21(30)27(3)11-15-6-5-9-33-15)22(31)19(18)20(26-23(28)32)16-8-7-14(24)10-17(16)25/h5-10,13,20H,4,11-12H2,1-3H3,(H,26,32)/t13-,20-/m0/s1. The molecule has 0 bridgehead atoms. The number of carbonyl (C=O) groups excluding carboxylic acids is 3. The molecule has 2 aliphatic heterocycles. The third kappa shape index (κ3) is 4.20. The van der Waals surface area contributed by atoms with Gasteiger partial charge in [0.1, 0.15) is 11.8 Å². The van der Waals surface area contributed by atoms with Gasteiger partial charge in [-0.25, -0.2) is 4.79 Å². The Kier molecular flexibility index (Phi) is 6.41. The van der Waals surface area contributed by atoms with Crippen LogP contribution in [0.25, 0.3) is 0 Å². The fourth-order valence-corrected chi connectivity index (χ4v) is 4.81. The van der Waals surface area contributed by atoms with Gasteiger partial charge < -0.3 is 19.5 Å². The molecular weight excluding hydrogens is 467 g/mol. The van der Waals surface area contributed by atoms with Crippen LogP contribution in [0.4, 0.5) is 4.79 Å². The van der Waals surface area contributed by atoms with Crippen LogP contribution in [0.5, 0.6) is 0 Å². The Morgan fingerprint density at radius 2 is 2.06 bits per heavy atom. The fourth-order valence-electron chi connectivity index (χ4n) is 4.30. The van der Waals surface area contributed by atoms with Crippen molar-refractivity contribution in [2.75, 3.05) is 20.1 Å². The van der Waals surface area contributed by atoms with Crippen molar-refractivity contribution in [3.8, 4) is 0 Å². The van der Waals surface area contributed by atoms with E-state index < -0.39 is 12.1 Å². The Hall–Kier alpha value is -2.97. The van der Waals surface area contributed by atoms with Gasteiger partial charge in [0.15, 0.2) is 0 Å². The number of furan rings is 1. The van der Waals surface area contributed by atoms with Crippen LogP contribution in [0.2, 0.25) is 10.0 Å². The summed E-state index contributed by atoms with van der Waals surface area (Å²) < 4.78 is 5.32. The zero-order valence-corrected chi connectivity index (χ0v) is 20.0. The molecule has 0 aliphatic carbocycles. The van der Waals surface area contributed by atoms with Gasteiger partial charge in [-0.15, -0.1) is 0 Å². The molecule has 0 radical (unpaired) electrons. The Labute approximate surface area is 201 Å². The molecule has 4 amide bonds. The second-order valence-electron chi connectivity index (χ2n) is 8.04. The Bertz CT molecular complexity index is 1130. The summed E-state index contributed by atoms with van der Waals surface area (Å²) in [5, 5.41) is 3.68. The van der Waals surface area contributed by atoms with Crippen LogP contribution < -0.4 is 5.32 Å². The smallest absolute Gasteiger partial charge is 0.322 e. The van der Waals surface area contributed by atoms with E-state index in [1.807, 2.05) is 6.92 Å². The summed E-state index contributed by atoms with van der Waals surface area (Å²) in [5.74, 6) is 0.0994. The molecule has 0 unspecified atom stereocenters. The number of urea groups is 1. The zero-order valence-electron chi connectivity index (χ0n) is 18.5. The van der Waals surface area contributed by atoms with E-state index in [4.69, 9.17) is 27.6 Å². The number of benzene rings is 1. The van der Waals surface area contributed by atoms with Crippen LogP contribution in [0, 0.1) is 0 Å². The summed E-state index contributed by atoms with van der Waals surface area (Å²) in [6, 6.07) is 6.67. The molecule has 10 heteroatoms. The second-order valence-corrected chi connectivity index (χ2v) is 8.88. The number of amides is 4. The van der Waals surface area contributed by atoms with Crippen molar-refractivity contribution in [2.24, 2.45) is 0 Å². The van der Waals surface area contributed by atoms with Gasteiger partial charge in [-0.1, -0.05) is 29.3 Å². The summed E-state index contributed by atoms with van der Waals surface area (Å²) in [7, 11) is 1.66. The van der Waals surface area contributed by atoms with Crippen molar-refractivity contribution in [2.45, 2.75) is 32.5 Å². The number of hydrogen-bond acceptors (Lipinski definition) is 4. The molecule has 1 aromatic heterocycles. The maximum Gasteiger partial charge on any atom is 0.322 e. The summed E-state index contributed by atoms with van der Waals surface area (Å²) in [4.78, 5) is 44.1. The summed E-state index contributed by atoms with van der Waals surface area (Å²) in [6.07, 6.45) is 1.55. The molecule has 8 nitrogen and oxygen atoms in total. The number of nitrogens with one attached hydrogen (secondary N) is 1. The lowest BCUT2D eigenvalue weighted by molar-refractivity contribution is -0.141. The van der Waals surface area contributed by atoms with Crippen molar-refractivity contribution in [1.29, 1.82) is 0 Å². The number of nitrogens with zero attached hydrogens (tertiary/aromatic N) is 3. The first kappa shape index (κ1) is 23.2. The molecule has 1 N–H and O–H groups in total. The normalized spacial score (nSPS) is 19.0. The molecule has 2 aromatic rings. The largest absolute Gasteiger partial charge is 0.467 e. The number of carbonyl (C=O) groups is 3. The lowest BCUT2D eigenvalue weighted by Crippen LogP contribution is -2.47. The third-order valence-corrected chi connectivity index (χ3v) is 6.58. The molecule has 0 saturated heterocycles. The van der Waals surface area contributed by atoms with Gasteiger partial charge in [0.05, 0.1) is 36.7 Å². The number of halogens is 2. The van der Waals surface area contributed by atoms with E-state index in [0.29, 0.717) is 39.2 Å². The molecule has 33 heavy (non-hydrogen) atoms. The van der Waals surface area contributed by atoms with Crippen LogP contribution in [-0.2, 0) is 16.1 Å². The molecule has 0 fully saturated rings. The van der Waals surface area contributed by atoms with E-state index in [0.717, 1.165) is 0 Å². The highest BCUT2D eigenvalue weighted by atomic mass is 35.5. The minimum atomic E-state index is -0.738. The highest BCUT2D eigenvalue weighted by Crippen LogP contribution is 2.39. The molecule has 0 spiro atoms. The van der Waals surface area contributed by atoms with E-state index in [1.165, 1.54) is 14.7 Å². The third-order valence-electron chi connectivity index (χ3n) is 6.01. The van der Waals surface area contributed by atoms with Crippen LogP contribution >= 0.6 is 23.2 Å². The van der Waals surface area contributed by atoms with Gasteiger partial charge in [-0.2, -0.15) is 0 Å². The van der Waals surface area contributed by atoms with Crippen LogP contribution in [-0.4, -0.2) is 58.7 Å². The van der Waals surface area contributed by atoms with Gasteiger partial charge in [-0.3, -0.25) is 14.5 Å². The van der Waals surface area contributed by atoms with Gasteiger partial charge in [0, 0.05) is 23.6 Å². The first-order valence-electron chi connectivity index (χ1n) is 10.6. The average molecular weight is 491 g/mol. The van der Waals surface area contributed by atoms with Crippen molar-refractivity contribution < 1.29 is 18.8 Å². The molecule has 2 aliphatic rings. The van der Waals surface area contributed by atoms with E-state index in [1.54, 1.807) is 50.6 Å². The molecule has 174 valence electrons. The van der Waals surface area contributed by atoms with E-state index >= 15 is 0 Å². The highest BCUT2D eigenvalue weighted by Gasteiger charge is 2.46. The Morgan fingerprint density at radius 3 is 2.70 bits per heavy atom. The van der Waals surface area contributed by atoms with E-state index in [2.05, 4.69) is 5.32 Å². The van der Waals surface area contributed by atoms with E-state index in [-0.39, 0.29) is 30.9 Å². The second kappa shape index (κ2) is 9.11. The molecule has 0 saturated carbocycles. The number of rotatable bonds is 6. The summed E-state index contributed by atoms with van der Waals surface area (Å²) in [6.45, 7) is 4.34. The number of likely N-dealkylation sites (N-methyl/N-ethyl adjacent to an activating group) is 2. The fraction of sp³-hybridized carbons (Fsp3) is 0.348. The maximum atomic E-state index is 13.6. The molecule has 1 aromatic carbocycles. The van der Waals surface area contributed by atoms with Gasteiger partial charge in [0.25, 0.3) is 5.91 Å². The maximum absolute atomic E-state index is 13.6. The molecule has 4 rings (SSSR count). The Balaban J connectivity index is 1.63. The lowest BCUT2D eigenvalue weighted by Gasteiger charge is -2.33. The first-order valence-corrected chi connectivity index (χ1v) is 11.3. The first-order chi connectivity index (χ1) is 15.7. The van der Waals surface area contributed by atoms with Crippen LogP contribution in [0.1, 0.15) is 31.2 Å². The highest BCUT2D eigenvalue weighted by molar-refractivity contribution is 6.35. The molecule has 3 heterocycles. The molecular formula is C23H24Cl2N4O4. The van der Waals surface area contributed by atoms with Crippen molar-refractivity contribution >= 4 is 41.0 Å². The lowest BCUT2D eigenvalue weighted by atomic mass is 9.95. The minimum Gasteiger partial charge on any atom is -0.467 e. The Morgan fingerprint density at radius 1 is 1.30 bits per heavy atom. The van der Waals surface area contributed by atoms with Gasteiger partial charge >= 0.3 is 6.03 Å². The topological polar surface area (TPSA) is 86.1 Å². The van der Waals surface area contributed by atoms with Crippen molar-refractivity contribution in [3.05, 3.63) is 69.2 Å². The molecule has 2 atom stereocenters. The number of hydrogen-bond donors (Lipinski definition) is 1. The SMILES string of the molecule is CCN1C(=O)N[C@@H](c2ccc(Cl)cc2Cl)C2=C1CN([C@@H](C)C(=O)N(C)Cc1ccco1)C2=O. The van der Waals surface area contributed by atoms with Gasteiger partial charge in [-0.05, 0) is 43.7 Å². The quantitative estimate of drug-likeness (QED) is 0.666. The van der Waals surface area contributed by atoms with Crippen LogP contribution in [0.15, 0.2) is 52.3 Å². The van der Waals surface area contributed by atoms with Gasteiger partial charge in [0.2, 0.25) is 5.91 Å². The zero-order chi connectivity index (χ0) is 23.9. The van der Waals surface area contributed by atoms with Crippen molar-refractivity contribution in [3.63, 3.8) is 0 Å². The summed E-state index contributed by atoms with van der Waals surface area (Å²) >= 11 is 12.4. The van der Waals surface area contributed by atoms with Crippen molar-refractivity contribution in [1.82, 2.24) is 20.0 Å². The monoisotopic (exact) mass is 490 g/mol. The average Bonchev–Trinajstić information content (AvgIpc) is 3.40. The van der Waals surface area contributed by atoms with Crippen LogP contribution in [0.3, 0.4) is 0 Å². The predicted octanol–water partition coefficient (Wildman–Crippen LogP) is 3.82. The van der Waals surface area contributed by atoms with E-state index in [9.17, 15) is 14.4 Å². The predicted molar refractivity (Wildman–Crippen MR) is 123 cm³/mol. The summed E-state index contributed by atoms with van der Waals surface area (Å²) in [5.41, 5.74) is 1.56.